The number of carbonyl (C=O) groups excluding carboxylic acids is 1. The Morgan fingerprint density at radius 3 is 2.64 bits per heavy atom. The standard InChI is InChI=1S/C14H14N4O3S/c19-11(7-6-10-4-2-1-3-5-10)16-14-18-17-13(22-14)15-9-8-12(20)21/h1-7H,8-9H2,(H,15,17)(H,20,21)(H,16,18,19)/b7-6+. The van der Waals surface area contributed by atoms with Gasteiger partial charge in [0.1, 0.15) is 0 Å². The van der Waals surface area contributed by atoms with Crippen LogP contribution < -0.4 is 10.6 Å². The third-order valence-electron chi connectivity index (χ3n) is 2.50. The highest BCUT2D eigenvalue weighted by atomic mass is 32.1. The van der Waals surface area contributed by atoms with E-state index in [0.29, 0.717) is 10.3 Å². The number of benzene rings is 1. The number of aliphatic carboxylic acids is 1. The fraction of sp³-hybridized carbons (Fsp3) is 0.143. The molecule has 0 unspecified atom stereocenters. The average molecular weight is 318 g/mol. The molecule has 0 atom stereocenters. The molecule has 0 radical (unpaired) electrons. The smallest absolute Gasteiger partial charge is 0.305 e. The Morgan fingerprint density at radius 1 is 1.18 bits per heavy atom. The number of carbonyl (C=O) groups is 2. The zero-order chi connectivity index (χ0) is 15.8. The summed E-state index contributed by atoms with van der Waals surface area (Å²) in [7, 11) is 0. The molecule has 0 aliphatic rings. The van der Waals surface area contributed by atoms with Crippen molar-refractivity contribution in [2.75, 3.05) is 17.2 Å². The molecule has 2 rings (SSSR count). The zero-order valence-electron chi connectivity index (χ0n) is 11.5. The highest BCUT2D eigenvalue weighted by Gasteiger charge is 2.06. The Morgan fingerprint density at radius 2 is 1.91 bits per heavy atom. The van der Waals surface area contributed by atoms with Crippen LogP contribution in [0.25, 0.3) is 6.08 Å². The summed E-state index contributed by atoms with van der Waals surface area (Å²) in [4.78, 5) is 22.1. The summed E-state index contributed by atoms with van der Waals surface area (Å²) in [5.74, 6) is -1.20. The lowest BCUT2D eigenvalue weighted by Crippen LogP contribution is -2.07. The van der Waals surface area contributed by atoms with Gasteiger partial charge < -0.3 is 10.4 Å². The molecular weight excluding hydrogens is 304 g/mol. The third-order valence-corrected chi connectivity index (χ3v) is 3.29. The summed E-state index contributed by atoms with van der Waals surface area (Å²) in [6.07, 6.45) is 3.09. The largest absolute Gasteiger partial charge is 0.481 e. The summed E-state index contributed by atoms with van der Waals surface area (Å²) in [6, 6.07) is 9.45. The normalized spacial score (nSPS) is 10.5. The Balaban J connectivity index is 1.83. The summed E-state index contributed by atoms with van der Waals surface area (Å²) in [6.45, 7) is 0.256. The SMILES string of the molecule is O=C(O)CCNc1nnc(NC(=O)/C=C/c2ccccc2)s1. The predicted molar refractivity (Wildman–Crippen MR) is 84.8 cm³/mol. The number of carboxylic acids is 1. The molecule has 1 aromatic carbocycles. The zero-order valence-corrected chi connectivity index (χ0v) is 12.3. The lowest BCUT2D eigenvalue weighted by molar-refractivity contribution is -0.136. The fourth-order valence-corrected chi connectivity index (χ4v) is 2.18. The molecule has 0 aliphatic heterocycles. The molecular formula is C14H14N4O3S. The Labute approximate surface area is 130 Å². The Bertz CT molecular complexity index is 670. The maximum atomic E-state index is 11.7. The van der Waals surface area contributed by atoms with E-state index in [4.69, 9.17) is 5.11 Å². The van der Waals surface area contributed by atoms with Crippen molar-refractivity contribution in [3.8, 4) is 0 Å². The van der Waals surface area contributed by atoms with Crippen LogP contribution in [0, 0.1) is 0 Å². The Kier molecular flexibility index (Phi) is 5.61. The molecule has 0 saturated heterocycles. The van der Waals surface area contributed by atoms with E-state index in [2.05, 4.69) is 20.8 Å². The van der Waals surface area contributed by atoms with E-state index < -0.39 is 5.97 Å². The molecule has 0 aliphatic carbocycles. The lowest BCUT2D eigenvalue weighted by atomic mass is 10.2. The van der Waals surface area contributed by atoms with Gasteiger partial charge >= 0.3 is 5.97 Å². The fourth-order valence-electron chi connectivity index (χ4n) is 1.50. The molecule has 8 heteroatoms. The van der Waals surface area contributed by atoms with Crippen molar-refractivity contribution in [1.82, 2.24) is 10.2 Å². The number of carboxylic acid groups (broad SMARTS) is 1. The van der Waals surface area contributed by atoms with Gasteiger partial charge in [-0.05, 0) is 11.6 Å². The number of amides is 1. The monoisotopic (exact) mass is 318 g/mol. The topological polar surface area (TPSA) is 104 Å². The van der Waals surface area contributed by atoms with Gasteiger partial charge in [-0.3, -0.25) is 14.9 Å². The third kappa shape index (κ3) is 5.33. The summed E-state index contributed by atoms with van der Waals surface area (Å²) in [5, 5.41) is 22.4. The second kappa shape index (κ2) is 7.89. The first-order valence-corrected chi connectivity index (χ1v) is 7.28. The van der Waals surface area contributed by atoms with E-state index in [9.17, 15) is 9.59 Å². The maximum Gasteiger partial charge on any atom is 0.305 e. The van der Waals surface area contributed by atoms with Crippen molar-refractivity contribution in [1.29, 1.82) is 0 Å². The molecule has 114 valence electrons. The summed E-state index contributed by atoms with van der Waals surface area (Å²) < 4.78 is 0. The van der Waals surface area contributed by atoms with Gasteiger partial charge in [-0.25, -0.2) is 0 Å². The molecule has 2 aromatic rings. The number of anilines is 2. The van der Waals surface area contributed by atoms with Gasteiger partial charge in [0.2, 0.25) is 16.2 Å². The van der Waals surface area contributed by atoms with Crippen molar-refractivity contribution >= 4 is 39.6 Å². The van der Waals surface area contributed by atoms with Crippen LogP contribution >= 0.6 is 11.3 Å². The quantitative estimate of drug-likeness (QED) is 0.675. The molecule has 0 fully saturated rings. The first-order valence-electron chi connectivity index (χ1n) is 6.47. The van der Waals surface area contributed by atoms with Gasteiger partial charge in [0.25, 0.3) is 0 Å². The highest BCUT2D eigenvalue weighted by Crippen LogP contribution is 2.19. The van der Waals surface area contributed by atoms with E-state index in [-0.39, 0.29) is 18.9 Å². The predicted octanol–water partition coefficient (Wildman–Crippen LogP) is 2.08. The van der Waals surface area contributed by atoms with Crippen molar-refractivity contribution in [3.63, 3.8) is 0 Å². The van der Waals surface area contributed by atoms with Crippen molar-refractivity contribution < 1.29 is 14.7 Å². The van der Waals surface area contributed by atoms with E-state index in [0.717, 1.165) is 16.9 Å². The molecule has 1 heterocycles. The van der Waals surface area contributed by atoms with E-state index in [1.165, 1.54) is 6.08 Å². The second-order valence-electron chi connectivity index (χ2n) is 4.22. The van der Waals surface area contributed by atoms with Gasteiger partial charge in [-0.2, -0.15) is 0 Å². The summed E-state index contributed by atoms with van der Waals surface area (Å²) in [5.41, 5.74) is 0.922. The van der Waals surface area contributed by atoms with Gasteiger partial charge in [-0.1, -0.05) is 41.7 Å². The molecule has 3 N–H and O–H groups in total. The van der Waals surface area contributed by atoms with Gasteiger partial charge in [-0.15, -0.1) is 10.2 Å². The molecule has 22 heavy (non-hydrogen) atoms. The highest BCUT2D eigenvalue weighted by molar-refractivity contribution is 7.19. The first-order chi connectivity index (χ1) is 10.6. The van der Waals surface area contributed by atoms with Gasteiger partial charge in [0.05, 0.1) is 6.42 Å². The number of nitrogens with one attached hydrogen (secondary N) is 2. The maximum absolute atomic E-state index is 11.7. The Hall–Kier alpha value is -2.74. The van der Waals surface area contributed by atoms with Crippen molar-refractivity contribution in [2.24, 2.45) is 0 Å². The molecule has 0 bridgehead atoms. The van der Waals surface area contributed by atoms with Crippen molar-refractivity contribution in [2.45, 2.75) is 6.42 Å². The number of nitrogens with zero attached hydrogens (tertiary/aromatic N) is 2. The first kappa shape index (κ1) is 15.6. The van der Waals surface area contributed by atoms with Crippen molar-refractivity contribution in [3.05, 3.63) is 42.0 Å². The average Bonchev–Trinajstić information content (AvgIpc) is 2.93. The van der Waals surface area contributed by atoms with Crippen LogP contribution in [0.15, 0.2) is 36.4 Å². The molecule has 7 nitrogen and oxygen atoms in total. The number of hydrogen-bond acceptors (Lipinski definition) is 6. The number of aromatic nitrogens is 2. The van der Waals surface area contributed by atoms with Crippen LogP contribution in [0.5, 0.6) is 0 Å². The van der Waals surface area contributed by atoms with Crippen LogP contribution in [0.1, 0.15) is 12.0 Å². The number of hydrogen-bond donors (Lipinski definition) is 3. The van der Waals surface area contributed by atoms with E-state index >= 15 is 0 Å². The molecule has 0 saturated carbocycles. The van der Waals surface area contributed by atoms with Gasteiger partial charge in [0.15, 0.2) is 0 Å². The van der Waals surface area contributed by atoms with Crippen LogP contribution in [0.4, 0.5) is 10.3 Å². The lowest BCUT2D eigenvalue weighted by Gasteiger charge is -1.97. The molecule has 1 amide bonds. The molecule has 1 aromatic heterocycles. The van der Waals surface area contributed by atoms with E-state index in [1.807, 2.05) is 30.3 Å². The minimum Gasteiger partial charge on any atom is -0.481 e. The minimum atomic E-state index is -0.892. The van der Waals surface area contributed by atoms with Crippen LogP contribution in [-0.2, 0) is 9.59 Å². The van der Waals surface area contributed by atoms with Gasteiger partial charge in [0, 0.05) is 12.6 Å². The van der Waals surface area contributed by atoms with Crippen LogP contribution in [0.2, 0.25) is 0 Å². The minimum absolute atomic E-state index is 0.0128. The number of rotatable bonds is 7. The van der Waals surface area contributed by atoms with E-state index in [1.54, 1.807) is 6.08 Å². The van der Waals surface area contributed by atoms with Crippen LogP contribution in [0.3, 0.4) is 0 Å². The van der Waals surface area contributed by atoms with Crippen LogP contribution in [-0.4, -0.2) is 33.7 Å². The second-order valence-corrected chi connectivity index (χ2v) is 5.19. The summed E-state index contributed by atoms with van der Waals surface area (Å²) >= 11 is 1.14. The molecule has 0 spiro atoms.